The van der Waals surface area contributed by atoms with E-state index in [1.54, 1.807) is 7.11 Å². The van der Waals surface area contributed by atoms with Crippen molar-refractivity contribution in [1.29, 1.82) is 0 Å². The minimum Gasteiger partial charge on any atom is -0.382 e. The second-order valence-electron chi connectivity index (χ2n) is 8.89. The number of ether oxygens (including phenoxy) is 2. The molecular formula is C22H44N4O2. The topological polar surface area (TPSA) is 49.3 Å². The fourth-order valence-corrected chi connectivity index (χ4v) is 4.27. The number of hydrogen-bond donors (Lipinski definition) is 1. The van der Waals surface area contributed by atoms with Gasteiger partial charge >= 0.3 is 0 Å². The molecule has 164 valence electrons. The van der Waals surface area contributed by atoms with Crippen LogP contribution in [0, 0.1) is 17.8 Å². The number of methoxy groups -OCH3 is 1. The van der Waals surface area contributed by atoms with E-state index in [9.17, 15) is 0 Å². The van der Waals surface area contributed by atoms with Gasteiger partial charge in [0.2, 0.25) is 0 Å². The van der Waals surface area contributed by atoms with E-state index in [1.165, 1.54) is 32.4 Å². The summed E-state index contributed by atoms with van der Waals surface area (Å²) < 4.78 is 10.8. The van der Waals surface area contributed by atoms with Crippen molar-refractivity contribution in [3.05, 3.63) is 0 Å². The van der Waals surface area contributed by atoms with Gasteiger partial charge in [-0.05, 0) is 51.1 Å². The summed E-state index contributed by atoms with van der Waals surface area (Å²) >= 11 is 0. The summed E-state index contributed by atoms with van der Waals surface area (Å²) in [5.74, 6) is 3.17. The third kappa shape index (κ3) is 7.53. The summed E-state index contributed by atoms with van der Waals surface area (Å²) in [6.07, 6.45) is 3.82. The van der Waals surface area contributed by atoms with E-state index in [-0.39, 0.29) is 0 Å². The van der Waals surface area contributed by atoms with Crippen molar-refractivity contribution < 1.29 is 9.47 Å². The summed E-state index contributed by atoms with van der Waals surface area (Å²) in [5, 5.41) is 3.52. The van der Waals surface area contributed by atoms with Gasteiger partial charge in [0, 0.05) is 38.7 Å². The fourth-order valence-electron chi connectivity index (χ4n) is 4.27. The Kier molecular flexibility index (Phi) is 10.6. The van der Waals surface area contributed by atoms with Gasteiger partial charge in [0.05, 0.1) is 26.4 Å². The third-order valence-corrected chi connectivity index (χ3v) is 6.19. The van der Waals surface area contributed by atoms with Crippen LogP contribution in [-0.4, -0.2) is 88.0 Å². The maximum Gasteiger partial charge on any atom is 0.193 e. The van der Waals surface area contributed by atoms with Crippen LogP contribution >= 0.6 is 0 Å². The van der Waals surface area contributed by atoms with Crippen LogP contribution < -0.4 is 5.32 Å². The van der Waals surface area contributed by atoms with Gasteiger partial charge in [-0.25, -0.2) is 0 Å². The molecule has 6 nitrogen and oxygen atoms in total. The van der Waals surface area contributed by atoms with Crippen LogP contribution in [0.1, 0.15) is 47.0 Å². The molecule has 0 radical (unpaired) electrons. The molecule has 2 rings (SSSR count). The first-order valence-corrected chi connectivity index (χ1v) is 11.4. The maximum absolute atomic E-state index is 5.75. The Morgan fingerprint density at radius 3 is 2.54 bits per heavy atom. The van der Waals surface area contributed by atoms with E-state index in [0.29, 0.717) is 31.1 Å². The molecule has 0 aromatic heterocycles. The fraction of sp³-hybridized carbons (Fsp3) is 0.955. The first-order chi connectivity index (χ1) is 13.5. The number of nitrogens with one attached hydrogen (secondary N) is 1. The van der Waals surface area contributed by atoms with E-state index in [2.05, 4.69) is 42.8 Å². The molecule has 2 aliphatic heterocycles. The molecule has 2 saturated heterocycles. The van der Waals surface area contributed by atoms with Crippen LogP contribution in [0.5, 0.6) is 0 Å². The molecule has 2 fully saturated rings. The minimum absolute atomic E-state index is 0.539. The van der Waals surface area contributed by atoms with Gasteiger partial charge in [-0.2, -0.15) is 0 Å². The van der Waals surface area contributed by atoms with Crippen molar-refractivity contribution in [3.63, 3.8) is 0 Å². The highest BCUT2D eigenvalue weighted by molar-refractivity contribution is 5.80. The molecule has 0 spiro atoms. The Hall–Kier alpha value is -0.850. The number of rotatable bonds is 10. The van der Waals surface area contributed by atoms with Crippen LogP contribution in [0.25, 0.3) is 0 Å². The maximum atomic E-state index is 5.75. The summed E-state index contributed by atoms with van der Waals surface area (Å²) in [4.78, 5) is 10.2. The first kappa shape index (κ1) is 23.4. The Morgan fingerprint density at radius 1 is 1.14 bits per heavy atom. The van der Waals surface area contributed by atoms with Crippen molar-refractivity contribution in [1.82, 2.24) is 15.1 Å². The van der Waals surface area contributed by atoms with Crippen molar-refractivity contribution in [2.75, 3.05) is 66.2 Å². The number of hydrogen-bond acceptors (Lipinski definition) is 4. The summed E-state index contributed by atoms with van der Waals surface area (Å²) in [6.45, 7) is 17.7. The lowest BCUT2D eigenvalue weighted by molar-refractivity contribution is 0.0536. The van der Waals surface area contributed by atoms with Gasteiger partial charge in [0.25, 0.3) is 0 Å². The lowest BCUT2D eigenvalue weighted by atomic mass is 9.94. The highest BCUT2D eigenvalue weighted by atomic mass is 16.5. The molecule has 6 heteroatoms. The van der Waals surface area contributed by atoms with Gasteiger partial charge in [-0.3, -0.25) is 9.89 Å². The molecule has 0 aromatic carbocycles. The van der Waals surface area contributed by atoms with Crippen molar-refractivity contribution >= 4 is 5.96 Å². The highest BCUT2D eigenvalue weighted by Gasteiger charge is 2.28. The number of guanidine groups is 1. The zero-order chi connectivity index (χ0) is 20.4. The smallest absolute Gasteiger partial charge is 0.193 e. The lowest BCUT2D eigenvalue weighted by Crippen LogP contribution is -2.47. The second-order valence-corrected chi connectivity index (χ2v) is 8.89. The summed E-state index contributed by atoms with van der Waals surface area (Å²) in [5.41, 5.74) is 0. The van der Waals surface area contributed by atoms with Crippen LogP contribution in [0.3, 0.4) is 0 Å². The zero-order valence-electron chi connectivity index (χ0n) is 19.0. The lowest BCUT2D eigenvalue weighted by Gasteiger charge is -2.38. The largest absolute Gasteiger partial charge is 0.382 e. The van der Waals surface area contributed by atoms with Gasteiger partial charge < -0.3 is 19.7 Å². The molecule has 0 amide bonds. The average molecular weight is 397 g/mol. The van der Waals surface area contributed by atoms with E-state index in [1.807, 2.05) is 0 Å². The van der Waals surface area contributed by atoms with E-state index >= 15 is 0 Å². The predicted molar refractivity (Wildman–Crippen MR) is 117 cm³/mol. The number of likely N-dealkylation sites (tertiary alicyclic amines) is 2. The van der Waals surface area contributed by atoms with Gasteiger partial charge in [-0.15, -0.1) is 0 Å². The van der Waals surface area contributed by atoms with Gasteiger partial charge in [0.1, 0.15) is 0 Å². The Labute approximate surface area is 173 Å². The Bertz CT molecular complexity index is 450. The van der Waals surface area contributed by atoms with Gasteiger partial charge in [0.15, 0.2) is 5.96 Å². The second kappa shape index (κ2) is 12.7. The average Bonchev–Trinajstić information content (AvgIpc) is 3.14. The van der Waals surface area contributed by atoms with E-state index in [4.69, 9.17) is 14.5 Å². The molecule has 2 heterocycles. The van der Waals surface area contributed by atoms with Crippen molar-refractivity contribution in [3.8, 4) is 0 Å². The summed E-state index contributed by atoms with van der Waals surface area (Å²) in [7, 11) is 1.72. The van der Waals surface area contributed by atoms with Crippen molar-refractivity contribution in [2.24, 2.45) is 22.7 Å². The minimum atomic E-state index is 0.539. The molecule has 0 aromatic rings. The molecule has 2 aliphatic rings. The normalized spacial score (nSPS) is 23.6. The molecule has 2 unspecified atom stereocenters. The Morgan fingerprint density at radius 2 is 1.89 bits per heavy atom. The third-order valence-electron chi connectivity index (χ3n) is 6.19. The SMILES string of the molecule is CCNC(=NCC(C(C)C)N1CCC(C)CC1)N1CCC(COCCOC)C1. The van der Waals surface area contributed by atoms with Gasteiger partial charge in [-0.1, -0.05) is 20.8 Å². The molecular weight excluding hydrogens is 352 g/mol. The van der Waals surface area contributed by atoms with E-state index in [0.717, 1.165) is 44.7 Å². The zero-order valence-corrected chi connectivity index (χ0v) is 19.0. The number of piperidine rings is 1. The predicted octanol–water partition coefficient (Wildman–Crippen LogP) is 2.69. The molecule has 2 atom stereocenters. The number of aliphatic imine (C=N–C) groups is 1. The van der Waals surface area contributed by atoms with Crippen molar-refractivity contribution in [2.45, 2.75) is 53.0 Å². The standard InChI is InChI=1S/C22H44N4O2/c1-6-23-22(26-12-9-20(16-26)17-28-14-13-27-5)24-15-21(18(2)3)25-10-7-19(4)8-11-25/h18-21H,6-17H2,1-5H3,(H,23,24). The summed E-state index contributed by atoms with van der Waals surface area (Å²) in [6, 6.07) is 0.539. The monoisotopic (exact) mass is 396 g/mol. The molecule has 0 aliphatic carbocycles. The quantitative estimate of drug-likeness (QED) is 0.350. The Balaban J connectivity index is 1.89. The van der Waals surface area contributed by atoms with Crippen LogP contribution in [-0.2, 0) is 9.47 Å². The highest BCUT2D eigenvalue weighted by Crippen LogP contribution is 2.22. The van der Waals surface area contributed by atoms with E-state index < -0.39 is 0 Å². The number of nitrogens with zero attached hydrogens (tertiary/aromatic N) is 3. The molecule has 1 N–H and O–H groups in total. The first-order valence-electron chi connectivity index (χ1n) is 11.4. The van der Waals surface area contributed by atoms with Crippen LogP contribution in [0.4, 0.5) is 0 Å². The molecule has 0 bridgehead atoms. The van der Waals surface area contributed by atoms with Crippen LogP contribution in [0.15, 0.2) is 4.99 Å². The van der Waals surface area contributed by atoms with Crippen LogP contribution in [0.2, 0.25) is 0 Å². The molecule has 0 saturated carbocycles. The molecule has 28 heavy (non-hydrogen) atoms.